The number of ether oxygens (including phenoxy) is 1. The summed E-state index contributed by atoms with van der Waals surface area (Å²) in [5.41, 5.74) is 3.91. The predicted molar refractivity (Wildman–Crippen MR) is 90.8 cm³/mol. The zero-order chi connectivity index (χ0) is 16.3. The van der Waals surface area contributed by atoms with Crippen LogP contribution in [0, 0.1) is 20.8 Å². The van der Waals surface area contributed by atoms with Crippen molar-refractivity contribution in [1.82, 2.24) is 0 Å². The molecule has 1 amide bonds. The molecule has 22 heavy (non-hydrogen) atoms. The molecule has 1 N–H and O–H groups in total. The number of halogens is 1. The Balaban J connectivity index is 2.07. The van der Waals surface area contributed by atoms with Crippen molar-refractivity contribution in [3.63, 3.8) is 0 Å². The summed E-state index contributed by atoms with van der Waals surface area (Å²) in [5.74, 6) is 0.482. The fourth-order valence-electron chi connectivity index (χ4n) is 2.11. The Hall–Kier alpha value is -2.00. The molecule has 116 valence electrons. The highest BCUT2D eigenvalue weighted by atomic mass is 35.5. The fourth-order valence-corrected chi connectivity index (χ4v) is 2.34. The second-order valence-corrected chi connectivity index (χ2v) is 5.84. The van der Waals surface area contributed by atoms with Crippen LogP contribution in [0.2, 0.25) is 5.02 Å². The molecule has 0 heterocycles. The topological polar surface area (TPSA) is 38.3 Å². The third-order valence-electron chi connectivity index (χ3n) is 3.67. The minimum atomic E-state index is -0.597. The van der Waals surface area contributed by atoms with Crippen LogP contribution in [0.1, 0.15) is 23.6 Å². The SMILES string of the molecule is Cc1cc(Cl)ccc1O[C@@H](C)C(=O)Nc1cccc(C)c1C. The van der Waals surface area contributed by atoms with Gasteiger partial charge in [-0.3, -0.25) is 4.79 Å². The van der Waals surface area contributed by atoms with Crippen molar-refractivity contribution in [1.29, 1.82) is 0 Å². The summed E-state index contributed by atoms with van der Waals surface area (Å²) in [6.07, 6.45) is -0.597. The van der Waals surface area contributed by atoms with E-state index in [1.165, 1.54) is 0 Å². The largest absolute Gasteiger partial charge is 0.481 e. The molecular formula is C18H20ClNO2. The minimum absolute atomic E-state index is 0.178. The third-order valence-corrected chi connectivity index (χ3v) is 3.91. The summed E-state index contributed by atoms with van der Waals surface area (Å²) in [5, 5.41) is 3.56. The lowest BCUT2D eigenvalue weighted by atomic mass is 10.1. The number of carbonyl (C=O) groups excluding carboxylic acids is 1. The van der Waals surface area contributed by atoms with E-state index >= 15 is 0 Å². The standard InChI is InChI=1S/C18H20ClNO2/c1-11-6-5-7-16(13(11)3)20-18(21)14(4)22-17-9-8-15(19)10-12(17)2/h5-10,14H,1-4H3,(H,20,21)/t14-/m0/s1. The van der Waals surface area contributed by atoms with Gasteiger partial charge in [0.15, 0.2) is 6.10 Å². The first-order chi connectivity index (χ1) is 10.4. The van der Waals surface area contributed by atoms with E-state index in [-0.39, 0.29) is 5.91 Å². The van der Waals surface area contributed by atoms with E-state index in [1.807, 2.05) is 45.0 Å². The van der Waals surface area contributed by atoms with Crippen molar-refractivity contribution in [3.05, 3.63) is 58.1 Å². The van der Waals surface area contributed by atoms with Crippen molar-refractivity contribution in [2.45, 2.75) is 33.8 Å². The number of anilines is 1. The third kappa shape index (κ3) is 3.80. The summed E-state index contributed by atoms with van der Waals surface area (Å²) in [4.78, 5) is 12.3. The molecule has 1 atom stereocenters. The van der Waals surface area contributed by atoms with Gasteiger partial charge in [-0.1, -0.05) is 23.7 Å². The van der Waals surface area contributed by atoms with Gasteiger partial charge in [0.1, 0.15) is 5.75 Å². The van der Waals surface area contributed by atoms with E-state index < -0.39 is 6.10 Å². The van der Waals surface area contributed by atoms with Crippen LogP contribution in [0.15, 0.2) is 36.4 Å². The first kappa shape index (κ1) is 16.4. The van der Waals surface area contributed by atoms with Gasteiger partial charge in [-0.25, -0.2) is 0 Å². The van der Waals surface area contributed by atoms with E-state index in [1.54, 1.807) is 19.1 Å². The number of rotatable bonds is 4. The molecule has 0 aliphatic carbocycles. The van der Waals surface area contributed by atoms with E-state index in [4.69, 9.17) is 16.3 Å². The summed E-state index contributed by atoms with van der Waals surface area (Å²) >= 11 is 5.92. The van der Waals surface area contributed by atoms with Crippen LogP contribution >= 0.6 is 11.6 Å². The number of hydrogen-bond acceptors (Lipinski definition) is 2. The van der Waals surface area contributed by atoms with Crippen LogP contribution in [-0.4, -0.2) is 12.0 Å². The Morgan fingerprint density at radius 3 is 2.55 bits per heavy atom. The van der Waals surface area contributed by atoms with Gasteiger partial charge >= 0.3 is 0 Å². The molecule has 2 aromatic carbocycles. The van der Waals surface area contributed by atoms with Crippen LogP contribution in [0.3, 0.4) is 0 Å². The molecule has 0 aliphatic heterocycles. The lowest BCUT2D eigenvalue weighted by Gasteiger charge is -2.17. The number of carbonyl (C=O) groups is 1. The van der Waals surface area contributed by atoms with E-state index in [2.05, 4.69) is 5.32 Å². The van der Waals surface area contributed by atoms with Gasteiger partial charge in [0.05, 0.1) is 0 Å². The maximum Gasteiger partial charge on any atom is 0.265 e. The Morgan fingerprint density at radius 2 is 1.86 bits per heavy atom. The average Bonchev–Trinajstić information content (AvgIpc) is 2.46. The summed E-state index contributed by atoms with van der Waals surface area (Å²) in [6.45, 7) is 7.63. The lowest BCUT2D eigenvalue weighted by Crippen LogP contribution is -2.30. The summed E-state index contributed by atoms with van der Waals surface area (Å²) < 4.78 is 5.73. The number of hydrogen-bond donors (Lipinski definition) is 1. The molecule has 0 saturated carbocycles. The zero-order valence-corrected chi connectivity index (χ0v) is 14.0. The highest BCUT2D eigenvalue weighted by Crippen LogP contribution is 2.23. The van der Waals surface area contributed by atoms with Gasteiger partial charge in [0, 0.05) is 10.7 Å². The van der Waals surface area contributed by atoms with Gasteiger partial charge in [-0.15, -0.1) is 0 Å². The first-order valence-corrected chi connectivity index (χ1v) is 7.56. The fraction of sp³-hybridized carbons (Fsp3) is 0.278. The van der Waals surface area contributed by atoms with Crippen LogP contribution in [0.5, 0.6) is 5.75 Å². The second kappa shape index (κ2) is 6.84. The maximum absolute atomic E-state index is 12.3. The highest BCUT2D eigenvalue weighted by Gasteiger charge is 2.17. The Morgan fingerprint density at radius 1 is 1.14 bits per heavy atom. The molecular weight excluding hydrogens is 298 g/mol. The Labute approximate surface area is 136 Å². The van der Waals surface area contributed by atoms with E-state index in [9.17, 15) is 4.79 Å². The van der Waals surface area contributed by atoms with E-state index in [0.717, 1.165) is 22.4 Å². The van der Waals surface area contributed by atoms with Gasteiger partial charge in [0.2, 0.25) is 0 Å². The zero-order valence-electron chi connectivity index (χ0n) is 13.2. The van der Waals surface area contributed by atoms with Crippen LogP contribution in [-0.2, 0) is 4.79 Å². The Bertz CT molecular complexity index is 697. The number of amides is 1. The normalized spacial score (nSPS) is 11.9. The predicted octanol–water partition coefficient (Wildman–Crippen LogP) is 4.67. The molecule has 0 bridgehead atoms. The number of nitrogens with one attached hydrogen (secondary N) is 1. The molecule has 2 aromatic rings. The molecule has 0 aliphatic rings. The average molecular weight is 318 g/mol. The van der Waals surface area contributed by atoms with E-state index in [0.29, 0.717) is 10.8 Å². The molecule has 4 heteroatoms. The molecule has 0 saturated heterocycles. The second-order valence-electron chi connectivity index (χ2n) is 5.41. The lowest BCUT2D eigenvalue weighted by molar-refractivity contribution is -0.122. The molecule has 2 rings (SSSR count). The molecule has 0 radical (unpaired) electrons. The monoisotopic (exact) mass is 317 g/mol. The quantitative estimate of drug-likeness (QED) is 0.889. The molecule has 0 fully saturated rings. The van der Waals surface area contributed by atoms with Crippen molar-refractivity contribution < 1.29 is 9.53 Å². The molecule has 0 spiro atoms. The van der Waals surface area contributed by atoms with Gasteiger partial charge < -0.3 is 10.1 Å². The molecule has 3 nitrogen and oxygen atoms in total. The van der Waals surface area contributed by atoms with Crippen LogP contribution < -0.4 is 10.1 Å². The number of benzene rings is 2. The Kier molecular flexibility index (Phi) is 5.09. The highest BCUT2D eigenvalue weighted by molar-refractivity contribution is 6.30. The van der Waals surface area contributed by atoms with Crippen molar-refractivity contribution >= 4 is 23.2 Å². The van der Waals surface area contributed by atoms with Crippen LogP contribution in [0.4, 0.5) is 5.69 Å². The maximum atomic E-state index is 12.3. The van der Waals surface area contributed by atoms with Crippen LogP contribution in [0.25, 0.3) is 0 Å². The minimum Gasteiger partial charge on any atom is -0.481 e. The van der Waals surface area contributed by atoms with Crippen molar-refractivity contribution in [3.8, 4) is 5.75 Å². The molecule has 0 unspecified atom stereocenters. The smallest absolute Gasteiger partial charge is 0.265 e. The van der Waals surface area contributed by atoms with Gasteiger partial charge in [-0.05, 0) is 68.7 Å². The summed E-state index contributed by atoms with van der Waals surface area (Å²) in [6, 6.07) is 11.2. The first-order valence-electron chi connectivity index (χ1n) is 7.18. The summed E-state index contributed by atoms with van der Waals surface area (Å²) in [7, 11) is 0. The van der Waals surface area contributed by atoms with Gasteiger partial charge in [0.25, 0.3) is 5.91 Å². The van der Waals surface area contributed by atoms with Crippen molar-refractivity contribution in [2.75, 3.05) is 5.32 Å². The number of aryl methyl sites for hydroxylation is 2. The van der Waals surface area contributed by atoms with Gasteiger partial charge in [-0.2, -0.15) is 0 Å². The molecule has 0 aromatic heterocycles. The van der Waals surface area contributed by atoms with Crippen molar-refractivity contribution in [2.24, 2.45) is 0 Å².